The third-order valence-electron chi connectivity index (χ3n) is 4.01. The Morgan fingerprint density at radius 3 is 2.26 bits per heavy atom. The minimum atomic E-state index is -3.72. The van der Waals surface area contributed by atoms with E-state index in [4.69, 9.17) is 16.3 Å². The van der Waals surface area contributed by atoms with E-state index in [2.05, 4.69) is 4.72 Å². The Hall–Kier alpha value is -1.72. The largest absolute Gasteiger partial charge is 0.495 e. The second-order valence-electron chi connectivity index (χ2n) is 5.59. The van der Waals surface area contributed by atoms with Gasteiger partial charge in [0.05, 0.1) is 7.11 Å². The zero-order chi connectivity index (χ0) is 16.4. The molecule has 0 amide bonds. The minimum absolute atomic E-state index is 0.176. The van der Waals surface area contributed by atoms with Gasteiger partial charge in [-0.05, 0) is 73.2 Å². The van der Waals surface area contributed by atoms with Crippen LogP contribution in [-0.2, 0) is 22.9 Å². The van der Waals surface area contributed by atoms with Crippen LogP contribution < -0.4 is 9.46 Å². The summed E-state index contributed by atoms with van der Waals surface area (Å²) >= 11 is 5.83. The second kappa shape index (κ2) is 6.42. The second-order valence-corrected chi connectivity index (χ2v) is 7.68. The van der Waals surface area contributed by atoms with Crippen molar-refractivity contribution in [1.82, 2.24) is 0 Å². The van der Waals surface area contributed by atoms with E-state index in [1.165, 1.54) is 12.7 Å². The molecule has 0 saturated heterocycles. The number of fused-ring (bicyclic) bond motifs is 1. The van der Waals surface area contributed by atoms with Gasteiger partial charge in [-0.1, -0.05) is 11.6 Å². The lowest BCUT2D eigenvalue weighted by Gasteiger charge is -2.19. The summed E-state index contributed by atoms with van der Waals surface area (Å²) in [4.78, 5) is 0.176. The lowest BCUT2D eigenvalue weighted by molar-refractivity contribution is 0.401. The van der Waals surface area contributed by atoms with Crippen LogP contribution >= 0.6 is 11.6 Å². The number of sulfonamides is 1. The highest BCUT2D eigenvalue weighted by Crippen LogP contribution is 2.33. The zero-order valence-electron chi connectivity index (χ0n) is 12.8. The van der Waals surface area contributed by atoms with Crippen molar-refractivity contribution in [3.8, 4) is 5.75 Å². The number of nitrogens with one attached hydrogen (secondary N) is 1. The number of hydrogen-bond donors (Lipinski definition) is 1. The van der Waals surface area contributed by atoms with Crippen molar-refractivity contribution in [2.45, 2.75) is 30.6 Å². The molecule has 0 unspecified atom stereocenters. The first-order valence-corrected chi connectivity index (χ1v) is 9.34. The molecule has 1 aliphatic carbocycles. The normalized spacial score (nSPS) is 14.2. The number of benzene rings is 2. The molecule has 0 heterocycles. The first kappa shape index (κ1) is 16.1. The molecule has 0 saturated carbocycles. The highest BCUT2D eigenvalue weighted by atomic mass is 35.5. The molecular formula is C17H18ClNO3S. The molecular weight excluding hydrogens is 334 g/mol. The third-order valence-corrected chi connectivity index (χ3v) is 5.67. The summed E-state index contributed by atoms with van der Waals surface area (Å²) in [5.74, 6) is 0.382. The fraction of sp³-hybridized carbons (Fsp3) is 0.294. The van der Waals surface area contributed by atoms with Crippen LogP contribution in [0.1, 0.15) is 24.0 Å². The lowest BCUT2D eigenvalue weighted by atomic mass is 9.92. The van der Waals surface area contributed by atoms with E-state index in [0.29, 0.717) is 16.5 Å². The molecule has 0 aliphatic heterocycles. The van der Waals surface area contributed by atoms with E-state index < -0.39 is 10.0 Å². The predicted octanol–water partition coefficient (Wildman–Crippen LogP) is 4.03. The Labute approximate surface area is 141 Å². The van der Waals surface area contributed by atoms with Crippen molar-refractivity contribution in [3.63, 3.8) is 0 Å². The van der Waals surface area contributed by atoms with Crippen LogP contribution in [0, 0.1) is 0 Å². The van der Waals surface area contributed by atoms with E-state index in [1.807, 2.05) is 6.07 Å². The quantitative estimate of drug-likeness (QED) is 0.904. The molecule has 1 aliphatic rings. The summed E-state index contributed by atoms with van der Waals surface area (Å²) in [5.41, 5.74) is 2.74. The average molecular weight is 352 g/mol. The number of aryl methyl sites for hydroxylation is 2. The van der Waals surface area contributed by atoms with Crippen molar-refractivity contribution < 1.29 is 13.2 Å². The van der Waals surface area contributed by atoms with E-state index in [9.17, 15) is 8.42 Å². The molecule has 0 fully saturated rings. The molecule has 3 rings (SSSR count). The molecule has 0 bridgehead atoms. The Kier molecular flexibility index (Phi) is 4.50. The van der Waals surface area contributed by atoms with Gasteiger partial charge in [0.2, 0.25) is 0 Å². The van der Waals surface area contributed by atoms with Crippen molar-refractivity contribution in [2.75, 3.05) is 11.8 Å². The molecule has 1 N–H and O–H groups in total. The molecule has 0 radical (unpaired) electrons. The highest BCUT2D eigenvalue weighted by molar-refractivity contribution is 7.92. The SMILES string of the molecule is COc1cc2c(cc1S(=O)(=O)Nc1ccc(Cl)cc1)CCCC2. The number of anilines is 1. The first-order valence-electron chi connectivity index (χ1n) is 7.48. The molecule has 0 spiro atoms. The van der Waals surface area contributed by atoms with Crippen LogP contribution in [0.15, 0.2) is 41.3 Å². The summed E-state index contributed by atoms with van der Waals surface area (Å²) in [7, 11) is -2.23. The van der Waals surface area contributed by atoms with E-state index >= 15 is 0 Å². The summed E-state index contributed by atoms with van der Waals surface area (Å²) in [6.07, 6.45) is 4.09. The summed E-state index contributed by atoms with van der Waals surface area (Å²) in [6.45, 7) is 0. The van der Waals surface area contributed by atoms with Crippen molar-refractivity contribution in [2.24, 2.45) is 0 Å². The number of ether oxygens (including phenoxy) is 1. The molecule has 23 heavy (non-hydrogen) atoms. The van der Waals surface area contributed by atoms with Crippen molar-refractivity contribution >= 4 is 27.3 Å². The van der Waals surface area contributed by atoms with Gasteiger partial charge in [-0.2, -0.15) is 0 Å². The molecule has 4 nitrogen and oxygen atoms in total. The third kappa shape index (κ3) is 3.46. The van der Waals surface area contributed by atoms with Gasteiger partial charge in [-0.3, -0.25) is 4.72 Å². The maximum absolute atomic E-state index is 12.7. The fourth-order valence-corrected chi connectivity index (χ4v) is 4.22. The number of methoxy groups -OCH3 is 1. The van der Waals surface area contributed by atoms with E-state index in [0.717, 1.165) is 31.2 Å². The summed E-state index contributed by atoms with van der Waals surface area (Å²) < 4.78 is 33.3. The number of rotatable bonds is 4. The highest BCUT2D eigenvalue weighted by Gasteiger charge is 2.23. The Balaban J connectivity index is 1.99. The van der Waals surface area contributed by atoms with Crippen molar-refractivity contribution in [1.29, 1.82) is 0 Å². The number of halogens is 1. The van der Waals surface area contributed by atoms with Crippen LogP contribution in [0.4, 0.5) is 5.69 Å². The molecule has 122 valence electrons. The Morgan fingerprint density at radius 1 is 1.04 bits per heavy atom. The molecule has 2 aromatic carbocycles. The topological polar surface area (TPSA) is 55.4 Å². The van der Waals surface area contributed by atoms with Gasteiger partial charge in [0, 0.05) is 10.7 Å². The Morgan fingerprint density at radius 2 is 1.65 bits per heavy atom. The monoisotopic (exact) mass is 351 g/mol. The first-order chi connectivity index (χ1) is 11.0. The van der Waals surface area contributed by atoms with E-state index in [1.54, 1.807) is 30.3 Å². The van der Waals surface area contributed by atoms with Gasteiger partial charge in [-0.25, -0.2) is 8.42 Å². The predicted molar refractivity (Wildman–Crippen MR) is 91.9 cm³/mol. The number of hydrogen-bond acceptors (Lipinski definition) is 3. The molecule has 0 aromatic heterocycles. The van der Waals surface area contributed by atoms with Gasteiger partial charge < -0.3 is 4.74 Å². The summed E-state index contributed by atoms with van der Waals surface area (Å²) in [6, 6.07) is 10.1. The van der Waals surface area contributed by atoms with Gasteiger partial charge in [0.15, 0.2) is 0 Å². The molecule has 6 heteroatoms. The van der Waals surface area contributed by atoms with Crippen LogP contribution in [0.5, 0.6) is 5.75 Å². The molecule has 2 aromatic rings. The smallest absolute Gasteiger partial charge is 0.265 e. The average Bonchev–Trinajstić information content (AvgIpc) is 2.55. The Bertz CT molecular complexity index is 816. The van der Waals surface area contributed by atoms with Crippen LogP contribution in [0.25, 0.3) is 0 Å². The van der Waals surface area contributed by atoms with E-state index in [-0.39, 0.29) is 4.90 Å². The minimum Gasteiger partial charge on any atom is -0.495 e. The fourth-order valence-electron chi connectivity index (χ4n) is 2.84. The van der Waals surface area contributed by atoms with Gasteiger partial charge >= 0.3 is 0 Å². The van der Waals surface area contributed by atoms with Crippen molar-refractivity contribution in [3.05, 3.63) is 52.5 Å². The van der Waals surface area contributed by atoms with Gasteiger partial charge in [-0.15, -0.1) is 0 Å². The van der Waals surface area contributed by atoms with Crippen LogP contribution in [0.3, 0.4) is 0 Å². The summed E-state index contributed by atoms with van der Waals surface area (Å²) in [5, 5.41) is 0.555. The van der Waals surface area contributed by atoms with Gasteiger partial charge in [0.1, 0.15) is 10.6 Å². The zero-order valence-corrected chi connectivity index (χ0v) is 14.4. The maximum atomic E-state index is 12.7. The lowest BCUT2D eigenvalue weighted by Crippen LogP contribution is -2.15. The van der Waals surface area contributed by atoms with Crippen LogP contribution in [0.2, 0.25) is 5.02 Å². The molecule has 0 atom stereocenters. The maximum Gasteiger partial charge on any atom is 0.265 e. The van der Waals surface area contributed by atoms with Crippen LogP contribution in [-0.4, -0.2) is 15.5 Å². The standard InChI is InChI=1S/C17H18ClNO3S/c1-22-16-10-12-4-2-3-5-13(12)11-17(16)23(20,21)19-15-8-6-14(18)7-9-15/h6-11,19H,2-5H2,1H3. The van der Waals surface area contributed by atoms with Gasteiger partial charge in [0.25, 0.3) is 10.0 Å².